The van der Waals surface area contributed by atoms with Gasteiger partial charge < -0.3 is 13.3 Å². The molecule has 0 radical (unpaired) electrons. The Kier molecular flexibility index (Phi) is 6.20. The van der Waals surface area contributed by atoms with Crippen molar-refractivity contribution in [3.05, 3.63) is 34.3 Å². The van der Waals surface area contributed by atoms with Crippen LogP contribution in [0.5, 0.6) is 0 Å². The van der Waals surface area contributed by atoms with E-state index in [1.807, 2.05) is 0 Å². The van der Waals surface area contributed by atoms with Crippen LogP contribution in [-0.4, -0.2) is 30.1 Å². The summed E-state index contributed by atoms with van der Waals surface area (Å²) >= 11 is 3.48. The van der Waals surface area contributed by atoms with Crippen LogP contribution in [0.4, 0.5) is 0 Å². The van der Waals surface area contributed by atoms with Gasteiger partial charge in [0.2, 0.25) is 0 Å². The molecule has 0 aliphatic heterocycles. The molecule has 19 heavy (non-hydrogen) atoms. The normalized spacial score (nSPS) is 12.7. The molecule has 5 heteroatoms. The highest BCUT2D eigenvalue weighted by atomic mass is 79.9. The minimum absolute atomic E-state index is 0.216. The fourth-order valence-electron chi connectivity index (χ4n) is 2.87. The third kappa shape index (κ3) is 2.80. The highest BCUT2D eigenvalue weighted by Gasteiger charge is 2.58. The van der Waals surface area contributed by atoms with Gasteiger partial charge in [-0.25, -0.2) is 0 Å². The van der Waals surface area contributed by atoms with E-state index in [9.17, 15) is 0 Å². The van der Waals surface area contributed by atoms with Crippen molar-refractivity contribution in [2.45, 2.75) is 31.7 Å². The van der Waals surface area contributed by atoms with Crippen molar-refractivity contribution in [1.29, 1.82) is 0 Å². The van der Waals surface area contributed by atoms with E-state index in [0.717, 1.165) is 17.3 Å². The number of rotatable bonds is 7. The van der Waals surface area contributed by atoms with Gasteiger partial charge in [-0.2, -0.15) is 0 Å². The Bertz CT molecular complexity index is 378. The van der Waals surface area contributed by atoms with Gasteiger partial charge in [-0.1, -0.05) is 41.9 Å². The fourth-order valence-corrected chi connectivity index (χ4v) is 6.20. The number of hydrogen-bond donors (Lipinski definition) is 0. The first-order valence-corrected chi connectivity index (χ1v) is 8.99. The molecule has 1 rings (SSSR count). The summed E-state index contributed by atoms with van der Waals surface area (Å²) in [6.07, 6.45) is 1.82. The van der Waals surface area contributed by atoms with E-state index in [2.05, 4.69) is 54.0 Å². The summed E-state index contributed by atoms with van der Waals surface area (Å²) in [4.78, 5) is 0. The van der Waals surface area contributed by atoms with E-state index in [0.29, 0.717) is 0 Å². The van der Waals surface area contributed by atoms with Gasteiger partial charge in [-0.3, -0.25) is 0 Å². The lowest BCUT2D eigenvalue weighted by Crippen LogP contribution is -2.61. The minimum Gasteiger partial charge on any atom is -0.376 e. The Balaban J connectivity index is 3.41. The smallest absolute Gasteiger partial charge is 0.376 e. The molecule has 0 bridgehead atoms. The van der Waals surface area contributed by atoms with Crippen LogP contribution in [0.3, 0.4) is 0 Å². The maximum absolute atomic E-state index is 5.75. The molecule has 0 saturated heterocycles. The van der Waals surface area contributed by atoms with E-state index in [4.69, 9.17) is 13.3 Å². The van der Waals surface area contributed by atoms with Crippen LogP contribution in [0.15, 0.2) is 28.7 Å². The van der Waals surface area contributed by atoms with Crippen molar-refractivity contribution in [3.8, 4) is 0 Å². The molecule has 3 nitrogen and oxygen atoms in total. The van der Waals surface area contributed by atoms with Crippen LogP contribution in [0.25, 0.3) is 0 Å². The Morgan fingerprint density at radius 1 is 0.947 bits per heavy atom. The maximum Gasteiger partial charge on any atom is 0.511 e. The van der Waals surface area contributed by atoms with E-state index in [-0.39, 0.29) is 5.04 Å². The van der Waals surface area contributed by atoms with Gasteiger partial charge in [0.15, 0.2) is 0 Å². The predicted octanol–water partition coefficient (Wildman–Crippen LogP) is 3.92. The van der Waals surface area contributed by atoms with E-state index < -0.39 is 8.80 Å². The quantitative estimate of drug-likeness (QED) is 0.700. The lowest BCUT2D eigenvalue weighted by atomic mass is 9.92. The van der Waals surface area contributed by atoms with Crippen molar-refractivity contribution in [2.24, 2.45) is 0 Å². The Morgan fingerprint density at radius 3 is 1.68 bits per heavy atom. The Labute approximate surface area is 125 Å². The Hall–Kier alpha value is -0.203. The monoisotopic (exact) mass is 346 g/mol. The van der Waals surface area contributed by atoms with Gasteiger partial charge in [0.05, 0.1) is 5.04 Å². The van der Waals surface area contributed by atoms with Gasteiger partial charge in [0.25, 0.3) is 0 Å². The largest absolute Gasteiger partial charge is 0.511 e. The molecular formula is C14H23BrO3Si. The second kappa shape index (κ2) is 6.99. The molecular weight excluding hydrogens is 324 g/mol. The van der Waals surface area contributed by atoms with Crippen LogP contribution in [0.1, 0.15) is 32.3 Å². The molecule has 0 saturated carbocycles. The first-order valence-electron chi connectivity index (χ1n) is 6.47. The van der Waals surface area contributed by atoms with Crippen LogP contribution in [0, 0.1) is 0 Å². The molecule has 1 aromatic carbocycles. The summed E-state index contributed by atoms with van der Waals surface area (Å²) in [6, 6.07) is 8.34. The van der Waals surface area contributed by atoms with Gasteiger partial charge in [-0.15, -0.1) is 0 Å². The van der Waals surface area contributed by atoms with Gasteiger partial charge in [0.1, 0.15) is 0 Å². The molecule has 0 heterocycles. The average molecular weight is 347 g/mol. The maximum atomic E-state index is 5.75. The second-order valence-corrected chi connectivity index (χ2v) is 8.67. The van der Waals surface area contributed by atoms with Crippen LogP contribution < -0.4 is 0 Å². The topological polar surface area (TPSA) is 27.7 Å². The third-order valence-electron chi connectivity index (χ3n) is 4.00. The molecule has 0 aromatic heterocycles. The molecule has 0 atom stereocenters. The molecule has 0 amide bonds. The lowest BCUT2D eigenvalue weighted by Gasteiger charge is -2.43. The molecule has 0 aliphatic rings. The van der Waals surface area contributed by atoms with Gasteiger partial charge >= 0.3 is 8.80 Å². The van der Waals surface area contributed by atoms with Crippen molar-refractivity contribution in [3.63, 3.8) is 0 Å². The molecule has 0 spiro atoms. The highest BCUT2D eigenvalue weighted by molar-refractivity contribution is 9.10. The molecule has 1 aromatic rings. The molecule has 0 fully saturated rings. The van der Waals surface area contributed by atoms with E-state index >= 15 is 0 Å². The summed E-state index contributed by atoms with van der Waals surface area (Å²) in [7, 11) is 2.27. The zero-order valence-corrected chi connectivity index (χ0v) is 14.9. The summed E-state index contributed by atoms with van der Waals surface area (Å²) in [5, 5.41) is -0.216. The number of hydrogen-bond acceptors (Lipinski definition) is 3. The third-order valence-corrected chi connectivity index (χ3v) is 8.31. The minimum atomic E-state index is -2.77. The van der Waals surface area contributed by atoms with Crippen molar-refractivity contribution < 1.29 is 13.3 Å². The van der Waals surface area contributed by atoms with Crippen molar-refractivity contribution in [2.75, 3.05) is 21.3 Å². The van der Waals surface area contributed by atoms with Crippen molar-refractivity contribution in [1.82, 2.24) is 0 Å². The lowest BCUT2D eigenvalue weighted by molar-refractivity contribution is 0.0868. The van der Waals surface area contributed by atoms with E-state index in [1.165, 1.54) is 5.56 Å². The molecule has 0 unspecified atom stereocenters. The van der Waals surface area contributed by atoms with Crippen molar-refractivity contribution >= 4 is 24.7 Å². The highest BCUT2D eigenvalue weighted by Crippen LogP contribution is 2.41. The molecule has 0 aliphatic carbocycles. The van der Waals surface area contributed by atoms with Gasteiger partial charge in [0, 0.05) is 25.8 Å². The first-order chi connectivity index (χ1) is 9.05. The fraction of sp³-hybridized carbons (Fsp3) is 0.571. The first kappa shape index (κ1) is 16.9. The van der Waals surface area contributed by atoms with Gasteiger partial charge in [-0.05, 0) is 30.5 Å². The standard InChI is InChI=1S/C14H23BrO3Si/c1-6-14(7-2,19(16-3,17-4)18-5)12-8-10-13(15)11-9-12/h8-11H,6-7H2,1-5H3. The second-order valence-electron chi connectivity index (χ2n) is 4.46. The summed E-state index contributed by atoms with van der Waals surface area (Å²) in [5.41, 5.74) is 1.21. The zero-order valence-electron chi connectivity index (χ0n) is 12.3. The summed E-state index contributed by atoms with van der Waals surface area (Å²) in [6.45, 7) is 4.31. The summed E-state index contributed by atoms with van der Waals surface area (Å²) < 4.78 is 18.3. The van der Waals surface area contributed by atoms with Crippen LogP contribution in [-0.2, 0) is 18.3 Å². The SMILES string of the molecule is CCC(CC)(c1ccc(Br)cc1)[Si](OC)(OC)OC. The average Bonchev–Trinajstić information content (AvgIpc) is 2.46. The summed E-state index contributed by atoms with van der Waals surface area (Å²) in [5.74, 6) is 0. The van der Waals surface area contributed by atoms with E-state index in [1.54, 1.807) is 21.3 Å². The molecule has 108 valence electrons. The Morgan fingerprint density at radius 2 is 1.37 bits per heavy atom. The predicted molar refractivity (Wildman–Crippen MR) is 83.2 cm³/mol. The van der Waals surface area contributed by atoms with Crippen LogP contribution in [0.2, 0.25) is 0 Å². The van der Waals surface area contributed by atoms with Crippen LogP contribution >= 0.6 is 15.9 Å². The zero-order chi connectivity index (χ0) is 14.5. The molecule has 0 N–H and O–H groups in total. The number of halogens is 1. The number of benzene rings is 1.